The molecular formula is C19H19BrN4O2S. The van der Waals surface area contributed by atoms with Crippen molar-refractivity contribution in [1.29, 1.82) is 0 Å². The van der Waals surface area contributed by atoms with Crippen LogP contribution in [0.1, 0.15) is 11.4 Å². The van der Waals surface area contributed by atoms with Crippen LogP contribution in [0.15, 0.2) is 58.2 Å². The zero-order chi connectivity index (χ0) is 19.2. The average molecular weight is 447 g/mol. The molecule has 0 saturated heterocycles. The van der Waals surface area contributed by atoms with Crippen LogP contribution in [0.2, 0.25) is 0 Å². The van der Waals surface area contributed by atoms with Crippen molar-refractivity contribution < 1.29 is 9.53 Å². The van der Waals surface area contributed by atoms with Crippen molar-refractivity contribution in [2.45, 2.75) is 18.7 Å². The lowest BCUT2D eigenvalue weighted by atomic mass is 10.2. The van der Waals surface area contributed by atoms with Gasteiger partial charge < -0.3 is 14.6 Å². The molecule has 0 saturated carbocycles. The summed E-state index contributed by atoms with van der Waals surface area (Å²) < 4.78 is 8.42. The number of nitrogens with zero attached hydrogens (tertiary/aromatic N) is 3. The van der Waals surface area contributed by atoms with Crippen molar-refractivity contribution >= 4 is 39.3 Å². The van der Waals surface area contributed by atoms with E-state index >= 15 is 0 Å². The van der Waals surface area contributed by atoms with Gasteiger partial charge in [0.1, 0.15) is 12.4 Å². The lowest BCUT2D eigenvalue weighted by Gasteiger charge is -2.08. The third-order valence-corrected chi connectivity index (χ3v) is 5.51. The Kier molecular flexibility index (Phi) is 6.52. The van der Waals surface area contributed by atoms with E-state index in [1.807, 2.05) is 67.1 Å². The van der Waals surface area contributed by atoms with Crippen molar-refractivity contribution in [2.75, 3.05) is 11.1 Å². The summed E-state index contributed by atoms with van der Waals surface area (Å²) in [5.41, 5.74) is 1.92. The molecule has 3 aromatic rings. The summed E-state index contributed by atoms with van der Waals surface area (Å²) in [4.78, 5) is 12.2. The van der Waals surface area contributed by atoms with E-state index in [2.05, 4.69) is 31.4 Å². The fourth-order valence-electron chi connectivity index (χ4n) is 2.26. The Hall–Kier alpha value is -2.32. The number of rotatable bonds is 7. The van der Waals surface area contributed by atoms with Gasteiger partial charge in [-0.15, -0.1) is 10.2 Å². The van der Waals surface area contributed by atoms with E-state index in [1.54, 1.807) is 0 Å². The van der Waals surface area contributed by atoms with Crippen LogP contribution in [-0.2, 0) is 18.4 Å². The number of ether oxygens (including phenoxy) is 1. The third kappa shape index (κ3) is 5.33. The van der Waals surface area contributed by atoms with Crippen molar-refractivity contribution in [3.8, 4) is 5.75 Å². The Morgan fingerprint density at radius 2 is 1.93 bits per heavy atom. The Balaban J connectivity index is 1.53. The fraction of sp³-hybridized carbons (Fsp3) is 0.211. The largest absolute Gasteiger partial charge is 0.486 e. The fourth-order valence-corrected chi connectivity index (χ4v) is 3.37. The Labute approximate surface area is 170 Å². The van der Waals surface area contributed by atoms with Crippen LogP contribution in [0.25, 0.3) is 0 Å². The topological polar surface area (TPSA) is 69.0 Å². The van der Waals surface area contributed by atoms with Crippen molar-refractivity contribution in [3.63, 3.8) is 0 Å². The van der Waals surface area contributed by atoms with Gasteiger partial charge in [-0.2, -0.15) is 0 Å². The van der Waals surface area contributed by atoms with E-state index in [4.69, 9.17) is 4.74 Å². The van der Waals surface area contributed by atoms with E-state index in [0.717, 1.165) is 15.9 Å². The van der Waals surface area contributed by atoms with Crippen LogP contribution in [0, 0.1) is 6.92 Å². The summed E-state index contributed by atoms with van der Waals surface area (Å²) in [6.07, 6.45) is 0. The molecule has 8 heteroatoms. The maximum absolute atomic E-state index is 12.2. The number of aromatic nitrogens is 3. The molecule has 0 radical (unpaired) electrons. The maximum atomic E-state index is 12.2. The van der Waals surface area contributed by atoms with Gasteiger partial charge in [0.15, 0.2) is 11.0 Å². The number of carbonyl (C=O) groups excluding carboxylic acids is 1. The molecule has 1 aromatic heterocycles. The first kappa shape index (κ1) is 19.4. The first-order valence-electron chi connectivity index (χ1n) is 8.28. The number of nitrogens with one attached hydrogen (secondary N) is 1. The lowest BCUT2D eigenvalue weighted by Crippen LogP contribution is -2.15. The van der Waals surface area contributed by atoms with Gasteiger partial charge in [-0.25, -0.2) is 0 Å². The summed E-state index contributed by atoms with van der Waals surface area (Å²) in [7, 11) is 1.86. The summed E-state index contributed by atoms with van der Waals surface area (Å²) in [5.74, 6) is 1.62. The van der Waals surface area contributed by atoms with Gasteiger partial charge in [0.05, 0.1) is 11.4 Å². The second kappa shape index (κ2) is 9.05. The van der Waals surface area contributed by atoms with Crippen LogP contribution in [0.5, 0.6) is 5.75 Å². The number of carbonyl (C=O) groups is 1. The second-order valence-electron chi connectivity index (χ2n) is 5.88. The monoisotopic (exact) mass is 446 g/mol. The van der Waals surface area contributed by atoms with Gasteiger partial charge >= 0.3 is 0 Å². The molecular weight excluding hydrogens is 428 g/mol. The lowest BCUT2D eigenvalue weighted by molar-refractivity contribution is -0.113. The highest BCUT2D eigenvalue weighted by Crippen LogP contribution is 2.22. The van der Waals surface area contributed by atoms with E-state index in [9.17, 15) is 4.79 Å². The van der Waals surface area contributed by atoms with Crippen LogP contribution < -0.4 is 10.1 Å². The SMILES string of the molecule is Cc1ccc(OCc2nnc(SCC(=O)Nc3ccccc3Br)n2C)cc1. The first-order valence-corrected chi connectivity index (χ1v) is 10.1. The number of aryl methyl sites for hydroxylation is 1. The number of benzene rings is 2. The molecule has 0 aliphatic heterocycles. The highest BCUT2D eigenvalue weighted by molar-refractivity contribution is 9.10. The number of halogens is 1. The Morgan fingerprint density at radius 1 is 1.19 bits per heavy atom. The number of anilines is 1. The van der Waals surface area contributed by atoms with E-state index < -0.39 is 0 Å². The quantitative estimate of drug-likeness (QED) is 0.550. The molecule has 6 nitrogen and oxygen atoms in total. The minimum absolute atomic E-state index is 0.104. The molecule has 0 spiro atoms. The maximum Gasteiger partial charge on any atom is 0.234 e. The van der Waals surface area contributed by atoms with Crippen LogP contribution in [0.3, 0.4) is 0 Å². The van der Waals surface area contributed by atoms with Crippen LogP contribution >= 0.6 is 27.7 Å². The molecule has 3 rings (SSSR count). The minimum Gasteiger partial charge on any atom is -0.486 e. The normalized spacial score (nSPS) is 10.6. The van der Waals surface area contributed by atoms with Gasteiger partial charge in [0.2, 0.25) is 5.91 Å². The van der Waals surface area contributed by atoms with Crippen molar-refractivity contribution in [2.24, 2.45) is 7.05 Å². The molecule has 1 heterocycles. The molecule has 1 amide bonds. The van der Waals surface area contributed by atoms with Gasteiger partial charge in [0, 0.05) is 11.5 Å². The number of para-hydroxylation sites is 1. The molecule has 0 aliphatic carbocycles. The second-order valence-corrected chi connectivity index (χ2v) is 7.67. The van der Waals surface area contributed by atoms with E-state index in [0.29, 0.717) is 17.6 Å². The molecule has 2 aromatic carbocycles. The number of hydrogen-bond acceptors (Lipinski definition) is 5. The number of amides is 1. The molecule has 140 valence electrons. The van der Waals surface area contributed by atoms with E-state index in [-0.39, 0.29) is 11.7 Å². The minimum atomic E-state index is -0.104. The Morgan fingerprint density at radius 3 is 2.67 bits per heavy atom. The highest BCUT2D eigenvalue weighted by Gasteiger charge is 2.12. The molecule has 0 aliphatic rings. The Bertz CT molecular complexity index is 928. The zero-order valence-electron chi connectivity index (χ0n) is 15.0. The highest BCUT2D eigenvalue weighted by atomic mass is 79.9. The molecule has 0 fully saturated rings. The average Bonchev–Trinajstić information content (AvgIpc) is 3.01. The van der Waals surface area contributed by atoms with E-state index in [1.165, 1.54) is 17.3 Å². The molecule has 0 bridgehead atoms. The van der Waals surface area contributed by atoms with Crippen LogP contribution in [-0.4, -0.2) is 26.4 Å². The van der Waals surface area contributed by atoms with Gasteiger partial charge in [0.25, 0.3) is 0 Å². The van der Waals surface area contributed by atoms with Crippen LogP contribution in [0.4, 0.5) is 5.69 Å². The van der Waals surface area contributed by atoms with Gasteiger partial charge in [-0.3, -0.25) is 4.79 Å². The predicted octanol–water partition coefficient (Wildman–Crippen LogP) is 4.20. The summed E-state index contributed by atoms with van der Waals surface area (Å²) in [5, 5.41) is 11.8. The smallest absolute Gasteiger partial charge is 0.234 e. The van der Waals surface area contributed by atoms with Crippen molar-refractivity contribution in [3.05, 3.63) is 64.4 Å². The number of hydrogen-bond donors (Lipinski definition) is 1. The number of thioether (sulfide) groups is 1. The zero-order valence-corrected chi connectivity index (χ0v) is 17.4. The van der Waals surface area contributed by atoms with Gasteiger partial charge in [-0.05, 0) is 47.1 Å². The van der Waals surface area contributed by atoms with Crippen molar-refractivity contribution in [1.82, 2.24) is 14.8 Å². The predicted molar refractivity (Wildman–Crippen MR) is 110 cm³/mol. The summed E-state index contributed by atoms with van der Waals surface area (Å²) in [6, 6.07) is 15.3. The summed E-state index contributed by atoms with van der Waals surface area (Å²) >= 11 is 4.75. The molecule has 0 unspecified atom stereocenters. The van der Waals surface area contributed by atoms with Gasteiger partial charge in [-0.1, -0.05) is 41.6 Å². The summed E-state index contributed by atoms with van der Waals surface area (Å²) in [6.45, 7) is 2.35. The first-order chi connectivity index (χ1) is 13.0. The molecule has 0 atom stereocenters. The third-order valence-electron chi connectivity index (χ3n) is 3.79. The molecule has 1 N–H and O–H groups in total. The standard InChI is InChI=1S/C19H19BrN4O2S/c1-13-7-9-14(10-8-13)26-11-17-22-23-19(24(17)2)27-12-18(25)21-16-6-4-3-5-15(16)20/h3-10H,11-12H2,1-2H3,(H,21,25). The molecule has 27 heavy (non-hydrogen) atoms.